The first-order valence-electron chi connectivity index (χ1n) is 3.67. The van der Waals surface area contributed by atoms with Crippen LogP contribution in [0.4, 0.5) is 43.9 Å². The van der Waals surface area contributed by atoms with E-state index in [-0.39, 0.29) is 0 Å². The standard InChI is InChI=1S/C6H4F10S/c7-3(8,5(11,12)13)1-17-2-4(9,10)6(14,15)16/h1-2H2. The van der Waals surface area contributed by atoms with Gasteiger partial charge in [-0.05, 0) is 0 Å². The molecule has 0 unspecified atom stereocenters. The molecule has 0 aliphatic heterocycles. The minimum Gasteiger partial charge on any atom is -0.195 e. The Kier molecular flexibility index (Phi) is 4.63. The molecule has 0 bridgehead atoms. The van der Waals surface area contributed by atoms with E-state index in [2.05, 4.69) is 0 Å². The van der Waals surface area contributed by atoms with Gasteiger partial charge in [-0.1, -0.05) is 0 Å². The third-order valence-corrected chi connectivity index (χ3v) is 2.53. The Morgan fingerprint density at radius 3 is 0.941 bits per heavy atom. The van der Waals surface area contributed by atoms with Crippen molar-refractivity contribution in [2.24, 2.45) is 0 Å². The second-order valence-electron chi connectivity index (χ2n) is 2.90. The lowest BCUT2D eigenvalue weighted by Gasteiger charge is -2.22. The molecular formula is C6H4F10S. The molecule has 0 fully saturated rings. The van der Waals surface area contributed by atoms with Crippen LogP contribution in [0.1, 0.15) is 0 Å². The van der Waals surface area contributed by atoms with Gasteiger partial charge in [0.25, 0.3) is 0 Å². The molecule has 11 heteroatoms. The lowest BCUT2D eigenvalue weighted by atomic mass is 10.4. The molecule has 17 heavy (non-hydrogen) atoms. The molecule has 0 saturated heterocycles. The summed E-state index contributed by atoms with van der Waals surface area (Å²) in [5, 5.41) is 0. The maximum absolute atomic E-state index is 12.1. The molecule has 0 spiro atoms. The molecule has 0 saturated carbocycles. The Hall–Kier alpha value is -0.350. The summed E-state index contributed by atoms with van der Waals surface area (Å²) in [6.07, 6.45) is -12.0. The molecule has 0 aromatic heterocycles. The Morgan fingerprint density at radius 2 is 0.765 bits per heavy atom. The van der Waals surface area contributed by atoms with Gasteiger partial charge in [0.2, 0.25) is 0 Å². The van der Waals surface area contributed by atoms with Crippen LogP contribution in [0.15, 0.2) is 0 Å². The summed E-state index contributed by atoms with van der Waals surface area (Å²) in [5.41, 5.74) is 0. The third kappa shape index (κ3) is 4.43. The minimum atomic E-state index is -5.98. The predicted octanol–water partition coefficient (Wildman–Crippen LogP) is 4.11. The van der Waals surface area contributed by atoms with Crippen molar-refractivity contribution in [1.82, 2.24) is 0 Å². The van der Waals surface area contributed by atoms with Gasteiger partial charge in [-0.15, -0.1) is 11.8 Å². The molecule has 0 aromatic carbocycles. The molecule has 0 aliphatic carbocycles. The molecule has 0 aromatic rings. The van der Waals surface area contributed by atoms with Crippen molar-refractivity contribution < 1.29 is 43.9 Å². The quantitative estimate of drug-likeness (QED) is 0.704. The zero-order valence-corrected chi connectivity index (χ0v) is 8.42. The topological polar surface area (TPSA) is 0 Å². The highest BCUT2D eigenvalue weighted by molar-refractivity contribution is 7.99. The average molecular weight is 298 g/mol. The fourth-order valence-corrected chi connectivity index (χ4v) is 1.41. The molecule has 0 rings (SSSR count). The average Bonchev–Trinajstić information content (AvgIpc) is 1.98. The summed E-state index contributed by atoms with van der Waals surface area (Å²) >= 11 is -0.819. The molecule has 0 amide bonds. The van der Waals surface area contributed by atoms with Crippen molar-refractivity contribution in [3.63, 3.8) is 0 Å². The second-order valence-corrected chi connectivity index (χ2v) is 3.88. The first-order chi connectivity index (χ1) is 7.21. The van der Waals surface area contributed by atoms with Gasteiger partial charge in [0.15, 0.2) is 0 Å². The monoisotopic (exact) mass is 298 g/mol. The fourth-order valence-electron chi connectivity index (χ4n) is 0.471. The van der Waals surface area contributed by atoms with E-state index in [9.17, 15) is 43.9 Å². The van der Waals surface area contributed by atoms with Crippen LogP contribution in [0.3, 0.4) is 0 Å². The lowest BCUT2D eigenvalue weighted by Crippen LogP contribution is -2.42. The van der Waals surface area contributed by atoms with Gasteiger partial charge in [-0.2, -0.15) is 43.9 Å². The number of halogens is 10. The summed E-state index contributed by atoms with van der Waals surface area (Å²) in [4.78, 5) is 0. The van der Waals surface area contributed by atoms with E-state index in [0.717, 1.165) is 0 Å². The first kappa shape index (κ1) is 16.6. The van der Waals surface area contributed by atoms with E-state index in [4.69, 9.17) is 0 Å². The van der Waals surface area contributed by atoms with Gasteiger partial charge in [0.05, 0.1) is 11.5 Å². The van der Waals surface area contributed by atoms with Crippen LogP contribution in [-0.2, 0) is 0 Å². The minimum absolute atomic E-state index is 0.819. The van der Waals surface area contributed by atoms with Crippen LogP contribution in [0.5, 0.6) is 0 Å². The number of hydrogen-bond acceptors (Lipinski definition) is 1. The van der Waals surface area contributed by atoms with Crippen molar-refractivity contribution in [2.75, 3.05) is 11.5 Å². The summed E-state index contributed by atoms with van der Waals surface area (Å²) in [6.45, 7) is 0. The largest absolute Gasteiger partial charge is 0.454 e. The molecule has 0 radical (unpaired) electrons. The highest BCUT2D eigenvalue weighted by atomic mass is 32.2. The van der Waals surface area contributed by atoms with Gasteiger partial charge in [0, 0.05) is 0 Å². The third-order valence-electron chi connectivity index (χ3n) is 1.40. The van der Waals surface area contributed by atoms with Crippen molar-refractivity contribution >= 4 is 11.8 Å². The summed E-state index contributed by atoms with van der Waals surface area (Å²) < 4.78 is 118. The van der Waals surface area contributed by atoms with Crippen LogP contribution in [-0.4, -0.2) is 35.7 Å². The van der Waals surface area contributed by atoms with Gasteiger partial charge < -0.3 is 0 Å². The highest BCUT2D eigenvalue weighted by Crippen LogP contribution is 2.41. The van der Waals surface area contributed by atoms with E-state index in [1.165, 1.54) is 0 Å². The molecule has 0 atom stereocenters. The summed E-state index contributed by atoms with van der Waals surface area (Å²) in [5.74, 6) is -15.0. The molecule has 104 valence electrons. The zero-order chi connectivity index (χ0) is 14.1. The number of hydrogen-bond donors (Lipinski definition) is 0. The predicted molar refractivity (Wildman–Crippen MR) is 39.3 cm³/mol. The Bertz CT molecular complexity index is 225. The Balaban J connectivity index is 4.36. The second kappa shape index (κ2) is 4.73. The molecular weight excluding hydrogens is 294 g/mol. The Morgan fingerprint density at radius 1 is 0.529 bits per heavy atom. The fraction of sp³-hybridized carbons (Fsp3) is 1.00. The maximum atomic E-state index is 12.1. The SMILES string of the molecule is FC(F)(F)C(F)(F)CSCC(F)(F)C(F)(F)F. The van der Waals surface area contributed by atoms with Crippen LogP contribution >= 0.6 is 11.8 Å². The van der Waals surface area contributed by atoms with Gasteiger partial charge in [-0.3, -0.25) is 0 Å². The van der Waals surface area contributed by atoms with Crippen molar-refractivity contribution in [3.05, 3.63) is 0 Å². The van der Waals surface area contributed by atoms with E-state index >= 15 is 0 Å². The van der Waals surface area contributed by atoms with Crippen LogP contribution in [0.2, 0.25) is 0 Å². The normalized spacial score (nSPS) is 15.2. The molecule has 0 aliphatic rings. The maximum Gasteiger partial charge on any atom is 0.454 e. The summed E-state index contributed by atoms with van der Waals surface area (Å²) in [6, 6.07) is 0. The Labute approximate surface area is 92.3 Å². The molecule has 0 N–H and O–H groups in total. The summed E-state index contributed by atoms with van der Waals surface area (Å²) in [7, 11) is 0. The van der Waals surface area contributed by atoms with Crippen molar-refractivity contribution in [1.29, 1.82) is 0 Å². The number of alkyl halides is 10. The smallest absolute Gasteiger partial charge is 0.195 e. The zero-order valence-electron chi connectivity index (χ0n) is 7.60. The first-order valence-corrected chi connectivity index (χ1v) is 4.83. The van der Waals surface area contributed by atoms with E-state index in [1.54, 1.807) is 0 Å². The van der Waals surface area contributed by atoms with Gasteiger partial charge >= 0.3 is 24.2 Å². The van der Waals surface area contributed by atoms with Crippen molar-refractivity contribution in [3.8, 4) is 0 Å². The lowest BCUT2D eigenvalue weighted by molar-refractivity contribution is -0.273. The van der Waals surface area contributed by atoms with Crippen LogP contribution in [0, 0.1) is 0 Å². The van der Waals surface area contributed by atoms with E-state index in [0.29, 0.717) is 0 Å². The van der Waals surface area contributed by atoms with E-state index < -0.39 is 47.5 Å². The van der Waals surface area contributed by atoms with Crippen LogP contribution in [0.25, 0.3) is 0 Å². The van der Waals surface area contributed by atoms with Gasteiger partial charge in [0.1, 0.15) is 0 Å². The molecule has 0 nitrogen and oxygen atoms in total. The molecule has 0 heterocycles. The van der Waals surface area contributed by atoms with Crippen molar-refractivity contribution in [2.45, 2.75) is 24.2 Å². The van der Waals surface area contributed by atoms with E-state index in [1.807, 2.05) is 0 Å². The highest BCUT2D eigenvalue weighted by Gasteiger charge is 2.60. The number of rotatable bonds is 4. The van der Waals surface area contributed by atoms with Crippen LogP contribution < -0.4 is 0 Å². The number of thioether (sulfide) groups is 1. The van der Waals surface area contributed by atoms with Gasteiger partial charge in [-0.25, -0.2) is 0 Å².